The number of carboxylic acid groups (broad SMARTS) is 1. The van der Waals surface area contributed by atoms with Crippen molar-refractivity contribution < 1.29 is 38.4 Å². The first kappa shape index (κ1) is 26.6. The molecular formula is C23H39NO8. The SMILES string of the molecule is C/C1=C/CC[C@H]2[C@@H](CC1)[C@H]2COC(=O)NCCOCCOCCOCCOCCC(=O)O. The van der Waals surface area contributed by atoms with Gasteiger partial charge in [0.15, 0.2) is 0 Å². The van der Waals surface area contributed by atoms with Crippen LogP contribution in [0.25, 0.3) is 0 Å². The Balaban J connectivity index is 1.30. The average Bonchev–Trinajstić information content (AvgIpc) is 3.41. The highest BCUT2D eigenvalue weighted by molar-refractivity contribution is 5.67. The van der Waals surface area contributed by atoms with E-state index in [4.69, 9.17) is 28.8 Å². The van der Waals surface area contributed by atoms with Gasteiger partial charge in [0.25, 0.3) is 0 Å². The van der Waals surface area contributed by atoms with Crippen molar-refractivity contribution in [3.8, 4) is 0 Å². The average molecular weight is 458 g/mol. The van der Waals surface area contributed by atoms with Gasteiger partial charge in [-0.2, -0.15) is 0 Å². The summed E-state index contributed by atoms with van der Waals surface area (Å²) in [5.41, 5.74) is 1.49. The minimum atomic E-state index is -0.873. The first-order valence-electron chi connectivity index (χ1n) is 11.7. The van der Waals surface area contributed by atoms with Crippen LogP contribution in [-0.4, -0.2) is 83.2 Å². The van der Waals surface area contributed by atoms with Crippen LogP contribution in [0.4, 0.5) is 4.79 Å². The van der Waals surface area contributed by atoms with Gasteiger partial charge in [-0.05, 0) is 50.4 Å². The van der Waals surface area contributed by atoms with Crippen molar-refractivity contribution >= 4 is 12.1 Å². The number of hydrogen-bond donors (Lipinski definition) is 2. The van der Waals surface area contributed by atoms with Crippen molar-refractivity contribution in [3.63, 3.8) is 0 Å². The monoisotopic (exact) mass is 457 g/mol. The Bertz CT molecular complexity index is 582. The van der Waals surface area contributed by atoms with Gasteiger partial charge in [0.05, 0.1) is 65.9 Å². The molecule has 0 saturated heterocycles. The number of amides is 1. The first-order valence-corrected chi connectivity index (χ1v) is 11.7. The number of aliphatic carboxylic acids is 1. The number of rotatable bonds is 17. The van der Waals surface area contributed by atoms with Crippen LogP contribution in [0.15, 0.2) is 11.6 Å². The number of carbonyl (C=O) groups is 2. The van der Waals surface area contributed by atoms with E-state index in [0.717, 1.165) is 18.3 Å². The van der Waals surface area contributed by atoms with Crippen LogP contribution < -0.4 is 5.32 Å². The lowest BCUT2D eigenvalue weighted by Crippen LogP contribution is -2.29. The summed E-state index contributed by atoms with van der Waals surface area (Å²) in [5, 5.41) is 11.2. The number of fused-ring (bicyclic) bond motifs is 1. The molecule has 0 aromatic rings. The number of carbonyl (C=O) groups excluding carboxylic acids is 1. The van der Waals surface area contributed by atoms with Crippen molar-refractivity contribution in [1.82, 2.24) is 5.32 Å². The molecule has 0 radical (unpaired) electrons. The zero-order chi connectivity index (χ0) is 23.0. The zero-order valence-corrected chi connectivity index (χ0v) is 19.2. The van der Waals surface area contributed by atoms with E-state index in [1.165, 1.54) is 24.8 Å². The Morgan fingerprint density at radius 3 is 2.19 bits per heavy atom. The summed E-state index contributed by atoms with van der Waals surface area (Å²) in [7, 11) is 0. The maximum Gasteiger partial charge on any atom is 0.407 e. The van der Waals surface area contributed by atoms with Crippen molar-refractivity contribution in [2.24, 2.45) is 17.8 Å². The molecule has 0 heterocycles. The molecule has 1 saturated carbocycles. The lowest BCUT2D eigenvalue weighted by atomic mass is 10.0. The molecule has 2 aliphatic carbocycles. The molecule has 0 bridgehead atoms. The largest absolute Gasteiger partial charge is 0.481 e. The van der Waals surface area contributed by atoms with Crippen LogP contribution in [0.5, 0.6) is 0 Å². The lowest BCUT2D eigenvalue weighted by molar-refractivity contribution is -0.138. The third-order valence-corrected chi connectivity index (χ3v) is 5.87. The standard InChI is InChI=1S/C23H39NO8/c1-18-3-2-4-19-20(6-5-18)21(19)17-32-23(27)24-8-10-29-12-14-31-16-15-30-13-11-28-9-7-22(25)26/h3,19-21H,2,4-17H2,1H3,(H,24,27)(H,25,26)/b18-3-/t19-,20+,21-/m0/s1. The summed E-state index contributed by atoms with van der Waals surface area (Å²) in [4.78, 5) is 22.1. The Morgan fingerprint density at radius 1 is 0.938 bits per heavy atom. The molecule has 3 atom stereocenters. The van der Waals surface area contributed by atoms with E-state index < -0.39 is 5.97 Å². The van der Waals surface area contributed by atoms with E-state index in [1.807, 2.05) is 0 Å². The minimum absolute atomic E-state index is 0.00102. The molecule has 0 spiro atoms. The molecule has 0 aliphatic heterocycles. The van der Waals surface area contributed by atoms with Gasteiger partial charge in [0.1, 0.15) is 0 Å². The second-order valence-electron chi connectivity index (χ2n) is 8.28. The van der Waals surface area contributed by atoms with Gasteiger partial charge in [-0.25, -0.2) is 4.79 Å². The predicted molar refractivity (Wildman–Crippen MR) is 118 cm³/mol. The fourth-order valence-corrected chi connectivity index (χ4v) is 4.02. The highest BCUT2D eigenvalue weighted by Gasteiger charge is 2.49. The number of allylic oxidation sites excluding steroid dienone is 2. The molecule has 1 fully saturated rings. The van der Waals surface area contributed by atoms with Gasteiger partial charge >= 0.3 is 12.1 Å². The van der Waals surface area contributed by atoms with Crippen LogP contribution in [-0.2, 0) is 28.5 Å². The molecule has 184 valence electrons. The topological polar surface area (TPSA) is 113 Å². The highest BCUT2D eigenvalue weighted by atomic mass is 16.6. The maximum absolute atomic E-state index is 11.8. The molecule has 0 unspecified atom stereocenters. The normalized spacial score (nSPS) is 23.9. The fraction of sp³-hybridized carbons (Fsp3) is 0.826. The zero-order valence-electron chi connectivity index (χ0n) is 19.2. The summed E-state index contributed by atoms with van der Waals surface area (Å²) >= 11 is 0. The molecule has 9 heteroatoms. The Kier molecular flexibility index (Phi) is 13.3. The minimum Gasteiger partial charge on any atom is -0.481 e. The molecule has 9 nitrogen and oxygen atoms in total. The summed E-state index contributed by atoms with van der Waals surface area (Å²) < 4.78 is 26.6. The molecule has 1 amide bonds. The summed E-state index contributed by atoms with van der Waals surface area (Å²) in [6.07, 6.45) is 6.72. The summed E-state index contributed by atoms with van der Waals surface area (Å²) in [6, 6.07) is 0. The Morgan fingerprint density at radius 2 is 1.53 bits per heavy atom. The van der Waals surface area contributed by atoms with Crippen molar-refractivity contribution in [1.29, 1.82) is 0 Å². The van der Waals surface area contributed by atoms with Crippen LogP contribution >= 0.6 is 0 Å². The van der Waals surface area contributed by atoms with Crippen molar-refractivity contribution in [3.05, 3.63) is 11.6 Å². The van der Waals surface area contributed by atoms with E-state index in [9.17, 15) is 9.59 Å². The van der Waals surface area contributed by atoms with E-state index >= 15 is 0 Å². The first-order chi connectivity index (χ1) is 15.6. The molecule has 0 aromatic heterocycles. The van der Waals surface area contributed by atoms with Gasteiger partial charge in [-0.3, -0.25) is 4.79 Å². The molecule has 32 heavy (non-hydrogen) atoms. The van der Waals surface area contributed by atoms with Gasteiger partial charge in [-0.15, -0.1) is 0 Å². The smallest absolute Gasteiger partial charge is 0.407 e. The van der Waals surface area contributed by atoms with Gasteiger partial charge in [0, 0.05) is 6.54 Å². The molecule has 0 aromatic carbocycles. The van der Waals surface area contributed by atoms with E-state index in [-0.39, 0.29) is 19.1 Å². The van der Waals surface area contributed by atoms with Crippen molar-refractivity contribution in [2.45, 2.75) is 39.0 Å². The van der Waals surface area contributed by atoms with Crippen LogP contribution in [0.1, 0.15) is 39.0 Å². The number of alkyl carbamates (subject to hydrolysis) is 1. The quantitative estimate of drug-likeness (QED) is 0.253. The van der Waals surface area contributed by atoms with E-state index in [2.05, 4.69) is 18.3 Å². The summed E-state index contributed by atoms with van der Waals surface area (Å²) in [5.74, 6) is 1.10. The predicted octanol–water partition coefficient (Wildman–Crippen LogP) is 2.64. The van der Waals surface area contributed by atoms with Crippen LogP contribution in [0.3, 0.4) is 0 Å². The number of nitrogens with one attached hydrogen (secondary N) is 1. The number of carboxylic acids is 1. The molecule has 2 N–H and O–H groups in total. The third kappa shape index (κ3) is 11.8. The van der Waals surface area contributed by atoms with Gasteiger partial charge < -0.3 is 34.1 Å². The van der Waals surface area contributed by atoms with Crippen LogP contribution in [0.2, 0.25) is 0 Å². The molecular weight excluding hydrogens is 418 g/mol. The Hall–Kier alpha value is -1.68. The van der Waals surface area contributed by atoms with Gasteiger partial charge in [0.2, 0.25) is 0 Å². The molecule has 2 aliphatic rings. The van der Waals surface area contributed by atoms with Gasteiger partial charge in [-0.1, -0.05) is 11.6 Å². The maximum atomic E-state index is 11.8. The van der Waals surface area contributed by atoms with E-state index in [1.54, 1.807) is 0 Å². The summed E-state index contributed by atoms with van der Waals surface area (Å²) in [6.45, 7) is 6.27. The number of ether oxygens (including phenoxy) is 5. The second kappa shape index (κ2) is 16.0. The fourth-order valence-electron chi connectivity index (χ4n) is 4.02. The molecule has 2 rings (SSSR count). The second-order valence-corrected chi connectivity index (χ2v) is 8.28. The highest BCUT2D eigenvalue weighted by Crippen LogP contribution is 2.53. The van der Waals surface area contributed by atoms with E-state index in [0.29, 0.717) is 65.3 Å². The number of hydrogen-bond acceptors (Lipinski definition) is 7. The Labute approximate surface area is 190 Å². The lowest BCUT2D eigenvalue weighted by Gasteiger charge is -2.08. The van der Waals surface area contributed by atoms with Crippen LogP contribution in [0, 0.1) is 17.8 Å². The third-order valence-electron chi connectivity index (χ3n) is 5.87. The van der Waals surface area contributed by atoms with Crippen molar-refractivity contribution in [2.75, 3.05) is 66.0 Å².